The SMILES string of the molecule is CCCCCCc1cccc(C(=O)OO)c1C(=O)c1ccccc1. The molecule has 24 heavy (non-hydrogen) atoms. The Morgan fingerprint density at radius 2 is 1.71 bits per heavy atom. The number of hydrogen-bond donors (Lipinski definition) is 1. The Balaban J connectivity index is 2.40. The van der Waals surface area contributed by atoms with Gasteiger partial charge in [0.1, 0.15) is 0 Å². The number of unbranched alkanes of at least 4 members (excludes halogenated alkanes) is 3. The van der Waals surface area contributed by atoms with E-state index in [2.05, 4.69) is 11.8 Å². The Morgan fingerprint density at radius 1 is 0.958 bits per heavy atom. The molecule has 0 radical (unpaired) electrons. The summed E-state index contributed by atoms with van der Waals surface area (Å²) < 4.78 is 0. The monoisotopic (exact) mass is 326 g/mol. The van der Waals surface area contributed by atoms with Crippen LogP contribution in [0.25, 0.3) is 0 Å². The lowest BCUT2D eigenvalue weighted by Crippen LogP contribution is -2.14. The molecule has 0 heterocycles. The Bertz CT molecular complexity index is 692. The normalized spacial score (nSPS) is 10.4. The molecule has 4 nitrogen and oxygen atoms in total. The third-order valence-electron chi connectivity index (χ3n) is 4.02. The van der Waals surface area contributed by atoms with Crippen LogP contribution in [0.15, 0.2) is 48.5 Å². The summed E-state index contributed by atoms with van der Waals surface area (Å²) in [5.74, 6) is -1.15. The van der Waals surface area contributed by atoms with Crippen LogP contribution in [0.3, 0.4) is 0 Å². The molecule has 0 unspecified atom stereocenters. The first-order chi connectivity index (χ1) is 11.7. The van der Waals surface area contributed by atoms with Gasteiger partial charge in [0, 0.05) is 11.1 Å². The molecule has 4 heteroatoms. The van der Waals surface area contributed by atoms with Gasteiger partial charge < -0.3 is 0 Å². The van der Waals surface area contributed by atoms with Crippen LogP contribution in [-0.4, -0.2) is 17.0 Å². The molecule has 2 aromatic carbocycles. The van der Waals surface area contributed by atoms with E-state index in [1.165, 1.54) is 6.07 Å². The van der Waals surface area contributed by atoms with Crippen molar-refractivity contribution in [2.45, 2.75) is 39.0 Å². The Hall–Kier alpha value is -2.46. The van der Waals surface area contributed by atoms with Crippen molar-refractivity contribution in [1.82, 2.24) is 0 Å². The summed E-state index contributed by atoms with van der Waals surface area (Å²) in [5, 5.41) is 8.74. The highest BCUT2D eigenvalue weighted by Gasteiger charge is 2.22. The predicted molar refractivity (Wildman–Crippen MR) is 92.2 cm³/mol. The number of aryl methyl sites for hydroxylation is 1. The zero-order chi connectivity index (χ0) is 17.4. The van der Waals surface area contributed by atoms with Gasteiger partial charge in [0.05, 0.1) is 5.56 Å². The summed E-state index contributed by atoms with van der Waals surface area (Å²) in [5.41, 5.74) is 1.73. The van der Waals surface area contributed by atoms with E-state index in [4.69, 9.17) is 5.26 Å². The first kappa shape index (κ1) is 17.9. The minimum Gasteiger partial charge on any atom is -0.295 e. The quantitative estimate of drug-likeness (QED) is 0.331. The summed E-state index contributed by atoms with van der Waals surface area (Å²) >= 11 is 0. The molecule has 0 aliphatic carbocycles. The Labute approximate surface area is 142 Å². The molecule has 1 N–H and O–H groups in total. The van der Waals surface area contributed by atoms with Crippen LogP contribution < -0.4 is 0 Å². The van der Waals surface area contributed by atoms with Crippen molar-refractivity contribution in [3.8, 4) is 0 Å². The molecule has 0 saturated heterocycles. The van der Waals surface area contributed by atoms with E-state index in [1.54, 1.807) is 30.3 Å². The molecule has 0 saturated carbocycles. The fraction of sp³-hybridized carbons (Fsp3) is 0.300. The summed E-state index contributed by atoms with van der Waals surface area (Å²) in [6.07, 6.45) is 5.00. The van der Waals surface area contributed by atoms with E-state index >= 15 is 0 Å². The summed E-state index contributed by atoms with van der Waals surface area (Å²) in [4.78, 5) is 28.7. The van der Waals surface area contributed by atoms with Gasteiger partial charge in [-0.1, -0.05) is 68.7 Å². The highest BCUT2D eigenvalue weighted by atomic mass is 17.1. The predicted octanol–water partition coefficient (Wildman–Crippen LogP) is 4.67. The van der Waals surface area contributed by atoms with Crippen molar-refractivity contribution in [3.05, 3.63) is 70.8 Å². The van der Waals surface area contributed by atoms with Crippen LogP contribution in [0, 0.1) is 0 Å². The lowest BCUT2D eigenvalue weighted by atomic mass is 9.91. The molecular weight excluding hydrogens is 304 g/mol. The number of hydrogen-bond acceptors (Lipinski definition) is 4. The van der Waals surface area contributed by atoms with Crippen molar-refractivity contribution in [1.29, 1.82) is 0 Å². The Kier molecular flexibility index (Phi) is 6.70. The molecular formula is C20H22O4. The van der Waals surface area contributed by atoms with E-state index < -0.39 is 5.97 Å². The smallest absolute Gasteiger partial charge is 0.295 e. The third kappa shape index (κ3) is 4.30. The zero-order valence-electron chi connectivity index (χ0n) is 13.8. The average molecular weight is 326 g/mol. The molecule has 0 bridgehead atoms. The van der Waals surface area contributed by atoms with Crippen LogP contribution in [0.5, 0.6) is 0 Å². The van der Waals surface area contributed by atoms with E-state index in [0.717, 1.165) is 31.2 Å². The standard InChI is InChI=1S/C20H22O4/c1-2-3-4-6-10-15-13-9-14-17(20(22)24-23)18(15)19(21)16-11-7-5-8-12-16/h5,7-9,11-14,23H,2-4,6,10H2,1H3. The van der Waals surface area contributed by atoms with Crippen LogP contribution in [0.4, 0.5) is 0 Å². The van der Waals surface area contributed by atoms with Gasteiger partial charge in [0.2, 0.25) is 0 Å². The molecule has 2 rings (SSSR count). The van der Waals surface area contributed by atoms with E-state index in [-0.39, 0.29) is 11.3 Å². The van der Waals surface area contributed by atoms with Crippen molar-refractivity contribution < 1.29 is 19.7 Å². The second-order valence-electron chi connectivity index (χ2n) is 5.72. The topological polar surface area (TPSA) is 63.6 Å². The first-order valence-corrected chi connectivity index (χ1v) is 8.26. The van der Waals surface area contributed by atoms with Gasteiger partial charge in [-0.3, -0.25) is 9.68 Å². The van der Waals surface area contributed by atoms with Crippen LogP contribution in [-0.2, 0) is 11.3 Å². The van der Waals surface area contributed by atoms with Gasteiger partial charge in [0.25, 0.3) is 0 Å². The number of ketones is 1. The van der Waals surface area contributed by atoms with Crippen LogP contribution in [0.1, 0.15) is 64.4 Å². The molecule has 0 aliphatic heterocycles. The van der Waals surface area contributed by atoms with Gasteiger partial charge in [-0.2, -0.15) is 5.26 Å². The number of benzene rings is 2. The third-order valence-corrected chi connectivity index (χ3v) is 4.02. The van der Waals surface area contributed by atoms with Gasteiger partial charge >= 0.3 is 5.97 Å². The summed E-state index contributed by atoms with van der Waals surface area (Å²) in [7, 11) is 0. The van der Waals surface area contributed by atoms with Gasteiger partial charge in [0.15, 0.2) is 5.78 Å². The van der Waals surface area contributed by atoms with Crippen molar-refractivity contribution in [2.24, 2.45) is 0 Å². The highest BCUT2D eigenvalue weighted by Crippen LogP contribution is 2.22. The molecule has 126 valence electrons. The molecule has 0 aromatic heterocycles. The van der Waals surface area contributed by atoms with E-state index in [9.17, 15) is 9.59 Å². The molecule has 0 fully saturated rings. The second-order valence-corrected chi connectivity index (χ2v) is 5.72. The summed E-state index contributed by atoms with van der Waals surface area (Å²) in [6.45, 7) is 2.14. The van der Waals surface area contributed by atoms with Crippen molar-refractivity contribution >= 4 is 11.8 Å². The number of rotatable bonds is 8. The maximum atomic E-state index is 12.9. The minimum absolute atomic E-state index is 0.0966. The summed E-state index contributed by atoms with van der Waals surface area (Å²) in [6, 6.07) is 13.9. The molecule has 2 aromatic rings. The number of carbonyl (C=O) groups excluding carboxylic acids is 2. The van der Waals surface area contributed by atoms with E-state index in [0.29, 0.717) is 17.5 Å². The van der Waals surface area contributed by atoms with Gasteiger partial charge in [-0.25, -0.2) is 4.79 Å². The number of carbonyl (C=O) groups is 2. The van der Waals surface area contributed by atoms with E-state index in [1.807, 2.05) is 12.1 Å². The van der Waals surface area contributed by atoms with Crippen LogP contribution in [0.2, 0.25) is 0 Å². The maximum absolute atomic E-state index is 12.9. The maximum Gasteiger partial charge on any atom is 0.373 e. The molecule has 0 aliphatic rings. The Morgan fingerprint density at radius 3 is 2.38 bits per heavy atom. The van der Waals surface area contributed by atoms with Gasteiger partial charge in [-0.15, -0.1) is 0 Å². The zero-order valence-corrected chi connectivity index (χ0v) is 13.8. The first-order valence-electron chi connectivity index (χ1n) is 8.26. The van der Waals surface area contributed by atoms with Crippen LogP contribution >= 0.6 is 0 Å². The molecule has 0 spiro atoms. The van der Waals surface area contributed by atoms with Crippen molar-refractivity contribution in [2.75, 3.05) is 0 Å². The minimum atomic E-state index is -0.912. The lowest BCUT2D eigenvalue weighted by Gasteiger charge is -2.12. The highest BCUT2D eigenvalue weighted by molar-refractivity contribution is 6.15. The lowest BCUT2D eigenvalue weighted by molar-refractivity contribution is -0.182. The fourth-order valence-corrected chi connectivity index (χ4v) is 2.77. The average Bonchev–Trinajstić information content (AvgIpc) is 2.64. The second kappa shape index (κ2) is 8.99. The van der Waals surface area contributed by atoms with Gasteiger partial charge in [-0.05, 0) is 24.5 Å². The largest absolute Gasteiger partial charge is 0.373 e. The molecule has 0 amide bonds. The fourth-order valence-electron chi connectivity index (χ4n) is 2.77. The van der Waals surface area contributed by atoms with Crippen molar-refractivity contribution in [3.63, 3.8) is 0 Å². The molecule has 0 atom stereocenters.